The molecule has 0 aromatic heterocycles. The van der Waals surface area contributed by atoms with Crippen LogP contribution in [-0.2, 0) is 4.74 Å². The zero-order valence-electron chi connectivity index (χ0n) is 13.9. The van der Waals surface area contributed by atoms with E-state index < -0.39 is 0 Å². The van der Waals surface area contributed by atoms with E-state index in [0.717, 1.165) is 31.5 Å². The standard InChI is InChI=1S/C17H34N2O/c1-5-14(4)17-12-19(11-16-7-6-8-20-16)15(10-18-17)9-13(2)3/h13-18H,5-12H2,1-4H3. The van der Waals surface area contributed by atoms with Crippen molar-refractivity contribution in [1.82, 2.24) is 10.2 Å². The summed E-state index contributed by atoms with van der Waals surface area (Å²) in [5.41, 5.74) is 0. The van der Waals surface area contributed by atoms with Crippen molar-refractivity contribution in [1.29, 1.82) is 0 Å². The molecule has 4 atom stereocenters. The molecule has 3 nitrogen and oxygen atoms in total. The normalized spacial score (nSPS) is 33.8. The molecule has 2 aliphatic heterocycles. The van der Waals surface area contributed by atoms with Gasteiger partial charge in [0.05, 0.1) is 6.10 Å². The first-order valence-corrected chi connectivity index (χ1v) is 8.69. The van der Waals surface area contributed by atoms with Crippen LogP contribution in [0.4, 0.5) is 0 Å². The van der Waals surface area contributed by atoms with E-state index in [9.17, 15) is 0 Å². The maximum Gasteiger partial charge on any atom is 0.0702 e. The molecule has 0 saturated carbocycles. The Hall–Kier alpha value is -0.120. The lowest BCUT2D eigenvalue weighted by Gasteiger charge is -2.43. The lowest BCUT2D eigenvalue weighted by Crippen LogP contribution is -2.59. The summed E-state index contributed by atoms with van der Waals surface area (Å²) in [6.45, 7) is 13.8. The molecule has 0 aromatic rings. The number of ether oxygens (including phenoxy) is 1. The van der Waals surface area contributed by atoms with Crippen molar-refractivity contribution in [2.75, 3.05) is 26.2 Å². The van der Waals surface area contributed by atoms with E-state index in [1.165, 1.54) is 32.2 Å². The molecule has 2 fully saturated rings. The fraction of sp³-hybridized carbons (Fsp3) is 1.00. The zero-order chi connectivity index (χ0) is 14.5. The van der Waals surface area contributed by atoms with Crippen LogP contribution in [0.3, 0.4) is 0 Å². The summed E-state index contributed by atoms with van der Waals surface area (Å²) >= 11 is 0. The van der Waals surface area contributed by atoms with Crippen molar-refractivity contribution in [2.24, 2.45) is 11.8 Å². The molecule has 0 aromatic carbocycles. The largest absolute Gasteiger partial charge is 0.377 e. The molecule has 0 bridgehead atoms. The highest BCUT2D eigenvalue weighted by molar-refractivity contribution is 4.90. The third-order valence-corrected chi connectivity index (χ3v) is 5.10. The van der Waals surface area contributed by atoms with Crippen LogP contribution in [0.15, 0.2) is 0 Å². The van der Waals surface area contributed by atoms with Gasteiger partial charge in [0, 0.05) is 38.3 Å². The second kappa shape index (κ2) is 7.77. The van der Waals surface area contributed by atoms with Crippen molar-refractivity contribution in [3.05, 3.63) is 0 Å². The first-order valence-electron chi connectivity index (χ1n) is 8.69. The third-order valence-electron chi connectivity index (χ3n) is 5.10. The number of nitrogens with one attached hydrogen (secondary N) is 1. The van der Waals surface area contributed by atoms with Gasteiger partial charge in [-0.1, -0.05) is 34.1 Å². The van der Waals surface area contributed by atoms with E-state index in [-0.39, 0.29) is 0 Å². The van der Waals surface area contributed by atoms with E-state index in [1.807, 2.05) is 0 Å². The maximum atomic E-state index is 5.87. The molecule has 1 N–H and O–H groups in total. The van der Waals surface area contributed by atoms with Crippen LogP contribution < -0.4 is 5.32 Å². The van der Waals surface area contributed by atoms with Gasteiger partial charge < -0.3 is 10.1 Å². The highest BCUT2D eigenvalue weighted by Crippen LogP contribution is 2.22. The molecule has 3 heteroatoms. The number of hydrogen-bond acceptors (Lipinski definition) is 3. The summed E-state index contributed by atoms with van der Waals surface area (Å²) in [7, 11) is 0. The Kier molecular flexibility index (Phi) is 6.31. The minimum Gasteiger partial charge on any atom is -0.377 e. The summed E-state index contributed by atoms with van der Waals surface area (Å²) in [4.78, 5) is 2.73. The second-order valence-corrected chi connectivity index (χ2v) is 7.27. The number of nitrogens with zero attached hydrogens (tertiary/aromatic N) is 1. The van der Waals surface area contributed by atoms with Crippen LogP contribution in [0.25, 0.3) is 0 Å². The molecular weight excluding hydrogens is 248 g/mol. The van der Waals surface area contributed by atoms with Crippen LogP contribution in [0.1, 0.15) is 53.4 Å². The number of hydrogen-bond donors (Lipinski definition) is 1. The van der Waals surface area contributed by atoms with Crippen LogP contribution in [0.5, 0.6) is 0 Å². The molecule has 0 amide bonds. The lowest BCUT2D eigenvalue weighted by atomic mass is 9.92. The van der Waals surface area contributed by atoms with Gasteiger partial charge in [-0.3, -0.25) is 4.90 Å². The molecule has 0 radical (unpaired) electrons. The summed E-state index contributed by atoms with van der Waals surface area (Å²) < 4.78 is 5.87. The molecule has 2 rings (SSSR count). The van der Waals surface area contributed by atoms with Crippen LogP contribution >= 0.6 is 0 Å². The SMILES string of the molecule is CCC(C)C1CN(CC2CCCO2)C(CC(C)C)CN1. The molecule has 2 aliphatic rings. The van der Waals surface area contributed by atoms with Crippen LogP contribution in [0.2, 0.25) is 0 Å². The Morgan fingerprint density at radius 3 is 2.70 bits per heavy atom. The van der Waals surface area contributed by atoms with Gasteiger partial charge in [0.15, 0.2) is 0 Å². The molecule has 0 aliphatic carbocycles. The van der Waals surface area contributed by atoms with Gasteiger partial charge in [-0.15, -0.1) is 0 Å². The Morgan fingerprint density at radius 2 is 2.10 bits per heavy atom. The summed E-state index contributed by atoms with van der Waals surface area (Å²) in [5.74, 6) is 1.54. The van der Waals surface area contributed by atoms with Crippen molar-refractivity contribution in [2.45, 2.75) is 71.6 Å². The Labute approximate surface area is 125 Å². The first kappa shape index (κ1) is 16.3. The lowest BCUT2D eigenvalue weighted by molar-refractivity contribution is 0.0276. The predicted octanol–water partition coefficient (Wildman–Crippen LogP) is 2.90. The van der Waals surface area contributed by atoms with E-state index in [2.05, 4.69) is 37.9 Å². The molecular formula is C17H34N2O. The minimum atomic E-state index is 0.486. The molecule has 4 unspecified atom stereocenters. The van der Waals surface area contributed by atoms with Gasteiger partial charge in [-0.25, -0.2) is 0 Å². The summed E-state index contributed by atoms with van der Waals surface area (Å²) in [5, 5.41) is 3.80. The van der Waals surface area contributed by atoms with Crippen molar-refractivity contribution >= 4 is 0 Å². The summed E-state index contributed by atoms with van der Waals surface area (Å²) in [6.07, 6.45) is 5.56. The Bertz CT molecular complexity index is 276. The third kappa shape index (κ3) is 4.44. The molecule has 20 heavy (non-hydrogen) atoms. The van der Waals surface area contributed by atoms with Crippen molar-refractivity contribution in [3.63, 3.8) is 0 Å². The minimum absolute atomic E-state index is 0.486. The molecule has 2 heterocycles. The van der Waals surface area contributed by atoms with Gasteiger partial charge in [-0.05, 0) is 31.1 Å². The Balaban J connectivity index is 1.94. The fourth-order valence-electron chi connectivity index (χ4n) is 3.60. The van der Waals surface area contributed by atoms with Gasteiger partial charge in [0.25, 0.3) is 0 Å². The maximum absolute atomic E-state index is 5.87. The van der Waals surface area contributed by atoms with Gasteiger partial charge in [0.1, 0.15) is 0 Å². The average Bonchev–Trinajstić information content (AvgIpc) is 2.92. The van der Waals surface area contributed by atoms with E-state index in [0.29, 0.717) is 18.2 Å². The molecule has 2 saturated heterocycles. The van der Waals surface area contributed by atoms with Crippen molar-refractivity contribution in [3.8, 4) is 0 Å². The van der Waals surface area contributed by atoms with Gasteiger partial charge >= 0.3 is 0 Å². The van der Waals surface area contributed by atoms with Crippen LogP contribution in [-0.4, -0.2) is 49.3 Å². The van der Waals surface area contributed by atoms with E-state index in [1.54, 1.807) is 0 Å². The van der Waals surface area contributed by atoms with E-state index in [4.69, 9.17) is 4.74 Å². The average molecular weight is 282 g/mol. The molecule has 118 valence electrons. The quantitative estimate of drug-likeness (QED) is 0.811. The fourth-order valence-corrected chi connectivity index (χ4v) is 3.60. The smallest absolute Gasteiger partial charge is 0.0702 e. The number of piperazine rings is 1. The first-order chi connectivity index (χ1) is 9.60. The topological polar surface area (TPSA) is 24.5 Å². The number of rotatable bonds is 6. The zero-order valence-corrected chi connectivity index (χ0v) is 13.9. The van der Waals surface area contributed by atoms with E-state index >= 15 is 0 Å². The van der Waals surface area contributed by atoms with Crippen molar-refractivity contribution < 1.29 is 4.74 Å². The van der Waals surface area contributed by atoms with Crippen LogP contribution in [0, 0.1) is 11.8 Å². The second-order valence-electron chi connectivity index (χ2n) is 7.27. The van der Waals surface area contributed by atoms with Gasteiger partial charge in [0.2, 0.25) is 0 Å². The highest BCUT2D eigenvalue weighted by Gasteiger charge is 2.32. The summed E-state index contributed by atoms with van der Waals surface area (Å²) in [6, 6.07) is 1.35. The molecule has 0 spiro atoms. The van der Waals surface area contributed by atoms with Gasteiger partial charge in [-0.2, -0.15) is 0 Å². The predicted molar refractivity (Wildman–Crippen MR) is 85.0 cm³/mol. The highest BCUT2D eigenvalue weighted by atomic mass is 16.5. The monoisotopic (exact) mass is 282 g/mol. The Morgan fingerprint density at radius 1 is 1.30 bits per heavy atom.